The van der Waals surface area contributed by atoms with E-state index in [4.69, 9.17) is 4.74 Å². The number of ether oxygens (including phenoxy) is 1. The van der Waals surface area contributed by atoms with Gasteiger partial charge in [0, 0.05) is 0 Å². The van der Waals surface area contributed by atoms with Crippen molar-refractivity contribution in [1.29, 1.82) is 0 Å². The van der Waals surface area contributed by atoms with E-state index in [-0.39, 0.29) is 0 Å². The van der Waals surface area contributed by atoms with Crippen molar-refractivity contribution >= 4 is 0 Å². The molecule has 3 aromatic rings. The highest BCUT2D eigenvalue weighted by Crippen LogP contribution is 2.41. The summed E-state index contributed by atoms with van der Waals surface area (Å²) in [7, 11) is 0. The maximum Gasteiger partial charge on any atom is 0.144 e. The molecule has 0 spiro atoms. The first-order chi connectivity index (χ1) is 13.2. The predicted octanol–water partition coefficient (Wildman–Crippen LogP) is 5.10. The average molecular weight is 356 g/mol. The molecule has 3 aromatic carbocycles. The second-order valence-corrected chi connectivity index (χ2v) is 6.32. The molecular weight excluding hydrogens is 332 g/mol. The molecule has 0 aliphatic rings. The van der Waals surface area contributed by atoms with E-state index in [2.05, 4.69) is 13.2 Å². The molecule has 0 bridgehead atoms. The Morgan fingerprint density at radius 3 is 1.33 bits per heavy atom. The van der Waals surface area contributed by atoms with Gasteiger partial charge in [-0.2, -0.15) is 0 Å². The second-order valence-electron chi connectivity index (χ2n) is 6.32. The standard InChI is InChI=1S/C25H24O2/c1-3-23(26)24(4-2)27-25(20-14-8-5-9-15-20,21-16-10-6-11-17-21)22-18-12-7-13-19-22/h3-19,23-24,26H,1-2H2/t23-,24-/m1/s1. The lowest BCUT2D eigenvalue weighted by molar-refractivity contribution is -0.0655. The number of aliphatic hydroxyl groups is 1. The van der Waals surface area contributed by atoms with Gasteiger partial charge in [-0.1, -0.05) is 103 Å². The Hall–Kier alpha value is -2.94. The van der Waals surface area contributed by atoms with E-state index >= 15 is 0 Å². The van der Waals surface area contributed by atoms with Gasteiger partial charge < -0.3 is 9.84 Å². The smallest absolute Gasteiger partial charge is 0.144 e. The van der Waals surface area contributed by atoms with Crippen molar-refractivity contribution in [3.63, 3.8) is 0 Å². The molecule has 0 radical (unpaired) electrons. The van der Waals surface area contributed by atoms with E-state index in [0.29, 0.717) is 0 Å². The lowest BCUT2D eigenvalue weighted by Crippen LogP contribution is -2.40. The van der Waals surface area contributed by atoms with Gasteiger partial charge in [0.1, 0.15) is 17.8 Å². The van der Waals surface area contributed by atoms with Crippen LogP contribution in [-0.2, 0) is 10.3 Å². The zero-order chi connectivity index (χ0) is 19.1. The van der Waals surface area contributed by atoms with E-state index in [0.717, 1.165) is 16.7 Å². The summed E-state index contributed by atoms with van der Waals surface area (Å²) in [6, 6.07) is 30.1. The molecule has 3 rings (SSSR count). The Labute approximate surface area is 161 Å². The zero-order valence-corrected chi connectivity index (χ0v) is 15.2. The average Bonchev–Trinajstić information content (AvgIpc) is 2.76. The third-order valence-electron chi connectivity index (χ3n) is 4.66. The topological polar surface area (TPSA) is 29.5 Å². The van der Waals surface area contributed by atoms with Gasteiger partial charge in [-0.15, -0.1) is 13.2 Å². The minimum absolute atomic E-state index is 0.622. The lowest BCUT2D eigenvalue weighted by Gasteiger charge is -2.39. The second kappa shape index (κ2) is 8.63. The molecule has 136 valence electrons. The summed E-state index contributed by atoms with van der Waals surface area (Å²) in [6.45, 7) is 7.56. The van der Waals surface area contributed by atoms with Crippen molar-refractivity contribution in [2.75, 3.05) is 0 Å². The molecule has 27 heavy (non-hydrogen) atoms. The van der Waals surface area contributed by atoms with Gasteiger partial charge in [-0.3, -0.25) is 0 Å². The first-order valence-corrected chi connectivity index (χ1v) is 9.00. The molecular formula is C25H24O2. The van der Waals surface area contributed by atoms with Crippen molar-refractivity contribution in [2.24, 2.45) is 0 Å². The highest BCUT2D eigenvalue weighted by molar-refractivity contribution is 5.47. The highest BCUT2D eigenvalue weighted by atomic mass is 16.5. The van der Waals surface area contributed by atoms with Crippen molar-refractivity contribution in [3.8, 4) is 0 Å². The monoisotopic (exact) mass is 356 g/mol. The summed E-state index contributed by atoms with van der Waals surface area (Å²) in [4.78, 5) is 0. The van der Waals surface area contributed by atoms with Crippen LogP contribution in [0.15, 0.2) is 116 Å². The molecule has 0 aliphatic carbocycles. The normalized spacial score (nSPS) is 13.5. The summed E-state index contributed by atoms with van der Waals surface area (Å²) >= 11 is 0. The third-order valence-corrected chi connectivity index (χ3v) is 4.66. The Morgan fingerprint density at radius 1 is 0.667 bits per heavy atom. The Bertz CT molecular complexity index is 760. The van der Waals surface area contributed by atoms with Crippen LogP contribution in [0.5, 0.6) is 0 Å². The lowest BCUT2D eigenvalue weighted by atomic mass is 9.79. The summed E-state index contributed by atoms with van der Waals surface area (Å²) in [5.74, 6) is 0. The van der Waals surface area contributed by atoms with E-state index in [1.165, 1.54) is 6.08 Å². The summed E-state index contributed by atoms with van der Waals surface area (Å²) < 4.78 is 6.66. The van der Waals surface area contributed by atoms with E-state index < -0.39 is 17.8 Å². The molecule has 0 saturated carbocycles. The van der Waals surface area contributed by atoms with E-state index in [9.17, 15) is 5.11 Å². The predicted molar refractivity (Wildman–Crippen MR) is 110 cm³/mol. The molecule has 0 saturated heterocycles. The number of rotatable bonds is 8. The van der Waals surface area contributed by atoms with Crippen molar-refractivity contribution in [1.82, 2.24) is 0 Å². The Kier molecular flexibility index (Phi) is 6.02. The zero-order valence-electron chi connectivity index (χ0n) is 15.2. The van der Waals surface area contributed by atoms with Crippen molar-refractivity contribution in [3.05, 3.63) is 133 Å². The van der Waals surface area contributed by atoms with Gasteiger partial charge in [0.05, 0.1) is 0 Å². The van der Waals surface area contributed by atoms with Crippen LogP contribution in [0, 0.1) is 0 Å². The highest BCUT2D eigenvalue weighted by Gasteiger charge is 2.40. The molecule has 0 unspecified atom stereocenters. The van der Waals surface area contributed by atoms with Crippen LogP contribution in [0.4, 0.5) is 0 Å². The van der Waals surface area contributed by atoms with Crippen LogP contribution < -0.4 is 0 Å². The van der Waals surface area contributed by atoms with Crippen LogP contribution in [-0.4, -0.2) is 17.3 Å². The van der Waals surface area contributed by atoms with Crippen LogP contribution >= 0.6 is 0 Å². The fraction of sp³-hybridized carbons (Fsp3) is 0.120. The van der Waals surface area contributed by atoms with Gasteiger partial charge in [0.2, 0.25) is 0 Å². The molecule has 0 fully saturated rings. The van der Waals surface area contributed by atoms with Gasteiger partial charge in [0.15, 0.2) is 0 Å². The van der Waals surface area contributed by atoms with Gasteiger partial charge in [0.25, 0.3) is 0 Å². The summed E-state index contributed by atoms with van der Waals surface area (Å²) in [6.07, 6.45) is 1.61. The Morgan fingerprint density at radius 2 is 1.04 bits per heavy atom. The fourth-order valence-corrected chi connectivity index (χ4v) is 3.32. The number of hydrogen-bond donors (Lipinski definition) is 1. The molecule has 0 amide bonds. The van der Waals surface area contributed by atoms with Crippen LogP contribution in [0.25, 0.3) is 0 Å². The van der Waals surface area contributed by atoms with E-state index in [1.54, 1.807) is 6.08 Å². The number of hydrogen-bond acceptors (Lipinski definition) is 2. The summed E-state index contributed by atoms with van der Waals surface area (Å²) in [5, 5.41) is 10.4. The minimum Gasteiger partial charge on any atom is -0.386 e. The third kappa shape index (κ3) is 3.77. The first kappa shape index (κ1) is 18.8. The molecule has 1 N–H and O–H groups in total. The SMILES string of the molecule is C=C[C@@H](O)[C@@H](C=C)OC(c1ccccc1)(c1ccccc1)c1ccccc1. The van der Waals surface area contributed by atoms with Gasteiger partial charge >= 0.3 is 0 Å². The molecule has 0 aliphatic heterocycles. The maximum absolute atomic E-state index is 10.4. The molecule has 2 heteroatoms. The van der Waals surface area contributed by atoms with Gasteiger partial charge in [-0.25, -0.2) is 0 Å². The first-order valence-electron chi connectivity index (χ1n) is 9.00. The number of benzene rings is 3. The van der Waals surface area contributed by atoms with Crippen LogP contribution in [0.1, 0.15) is 16.7 Å². The van der Waals surface area contributed by atoms with Crippen LogP contribution in [0.3, 0.4) is 0 Å². The van der Waals surface area contributed by atoms with Gasteiger partial charge in [-0.05, 0) is 16.7 Å². The summed E-state index contributed by atoms with van der Waals surface area (Å²) in [5.41, 5.74) is 2.04. The molecule has 2 nitrogen and oxygen atoms in total. The molecule has 0 aromatic heterocycles. The largest absolute Gasteiger partial charge is 0.386 e. The van der Waals surface area contributed by atoms with Crippen molar-refractivity contribution in [2.45, 2.75) is 17.8 Å². The number of aliphatic hydroxyl groups excluding tert-OH is 1. The molecule has 2 atom stereocenters. The molecule has 0 heterocycles. The Balaban J connectivity index is 2.29. The quantitative estimate of drug-likeness (QED) is 0.450. The fourth-order valence-electron chi connectivity index (χ4n) is 3.32. The van der Waals surface area contributed by atoms with Crippen molar-refractivity contribution < 1.29 is 9.84 Å². The minimum atomic E-state index is -0.896. The van der Waals surface area contributed by atoms with E-state index in [1.807, 2.05) is 91.0 Å². The van der Waals surface area contributed by atoms with Crippen LogP contribution in [0.2, 0.25) is 0 Å². The maximum atomic E-state index is 10.4.